The fourth-order valence-electron chi connectivity index (χ4n) is 1.88. The number of aromatic nitrogens is 1. The second kappa shape index (κ2) is 4.75. The summed E-state index contributed by atoms with van der Waals surface area (Å²) in [6, 6.07) is 21.2. The Kier molecular flexibility index (Phi) is 2.95. The molecule has 0 amide bonds. The first-order chi connectivity index (χ1) is 8.83. The van der Waals surface area contributed by atoms with E-state index in [1.807, 2.05) is 6.07 Å². The lowest BCUT2D eigenvalue weighted by atomic mass is 10.1. The highest BCUT2D eigenvalue weighted by Gasteiger charge is 2.11. The van der Waals surface area contributed by atoms with Gasteiger partial charge in [0.2, 0.25) is 5.69 Å². The molecule has 2 aromatic carbocycles. The van der Waals surface area contributed by atoms with Crippen LogP contribution in [0.1, 0.15) is 5.56 Å². The Morgan fingerprint density at radius 3 is 2.28 bits per heavy atom. The maximum Gasteiger partial charge on any atom is 0.224 e. The molecule has 18 heavy (non-hydrogen) atoms. The number of hydrogen-bond acceptors (Lipinski definition) is 1. The van der Waals surface area contributed by atoms with Crippen molar-refractivity contribution >= 4 is 11.5 Å². The van der Waals surface area contributed by atoms with E-state index >= 15 is 0 Å². The Bertz CT molecular complexity index is 638. The van der Waals surface area contributed by atoms with Gasteiger partial charge in [-0.2, -0.15) is 0 Å². The zero-order valence-corrected chi connectivity index (χ0v) is 11.0. The van der Waals surface area contributed by atoms with Gasteiger partial charge in [0.1, 0.15) is 16.4 Å². The van der Waals surface area contributed by atoms with Crippen LogP contribution in [-0.4, -0.2) is 0 Å². The summed E-state index contributed by atoms with van der Waals surface area (Å²) in [5.41, 5.74) is 3.78. The molecule has 0 aliphatic heterocycles. The highest BCUT2D eigenvalue weighted by Crippen LogP contribution is 2.22. The first-order valence-corrected chi connectivity index (χ1v) is 6.75. The Labute approximate surface area is 111 Å². The van der Waals surface area contributed by atoms with Crippen molar-refractivity contribution in [2.45, 2.75) is 6.92 Å². The maximum atomic E-state index is 2.19. The average Bonchev–Trinajstić information content (AvgIpc) is 2.90. The molecule has 2 heteroatoms. The van der Waals surface area contributed by atoms with E-state index in [1.165, 1.54) is 21.7 Å². The number of nitrogens with zero attached hydrogens (tertiary/aromatic N) is 1. The minimum absolute atomic E-state index is 1.21. The number of hydrogen-bond donors (Lipinski definition) is 0. The third-order valence-electron chi connectivity index (χ3n) is 2.90. The van der Waals surface area contributed by atoms with Gasteiger partial charge in [-0.15, -0.1) is 3.96 Å². The van der Waals surface area contributed by atoms with Crippen molar-refractivity contribution in [3.05, 3.63) is 72.4 Å². The molecule has 1 heterocycles. The summed E-state index contributed by atoms with van der Waals surface area (Å²) in [6.45, 7) is 2.11. The van der Waals surface area contributed by atoms with Crippen LogP contribution >= 0.6 is 11.5 Å². The molecule has 3 rings (SSSR count). The van der Waals surface area contributed by atoms with Crippen molar-refractivity contribution in [3.63, 3.8) is 0 Å². The summed E-state index contributed by atoms with van der Waals surface area (Å²) in [5.74, 6) is 0. The van der Waals surface area contributed by atoms with Gasteiger partial charge >= 0.3 is 0 Å². The van der Waals surface area contributed by atoms with Gasteiger partial charge in [-0.05, 0) is 12.5 Å². The molecule has 0 aliphatic rings. The van der Waals surface area contributed by atoms with E-state index in [1.54, 1.807) is 11.5 Å². The smallest absolute Gasteiger partial charge is 0.102 e. The predicted molar refractivity (Wildman–Crippen MR) is 76.0 cm³/mol. The van der Waals surface area contributed by atoms with Gasteiger partial charge in [-0.25, -0.2) is 0 Å². The van der Waals surface area contributed by atoms with Gasteiger partial charge in [0, 0.05) is 18.2 Å². The van der Waals surface area contributed by atoms with E-state index in [-0.39, 0.29) is 0 Å². The van der Waals surface area contributed by atoms with Gasteiger partial charge in [0.25, 0.3) is 0 Å². The molecular weight excluding hydrogens is 238 g/mol. The molecule has 88 valence electrons. The van der Waals surface area contributed by atoms with Crippen molar-refractivity contribution < 1.29 is 3.96 Å². The molecule has 0 N–H and O–H groups in total. The highest BCUT2D eigenvalue weighted by molar-refractivity contribution is 7.05. The van der Waals surface area contributed by atoms with Gasteiger partial charge in [-0.3, -0.25) is 0 Å². The molecule has 0 aliphatic carbocycles. The second-order valence-electron chi connectivity index (χ2n) is 4.30. The molecule has 1 aromatic heterocycles. The topological polar surface area (TPSA) is 3.88 Å². The molecule has 0 spiro atoms. The van der Waals surface area contributed by atoms with Crippen molar-refractivity contribution in [1.29, 1.82) is 0 Å². The molecule has 0 bridgehead atoms. The van der Waals surface area contributed by atoms with Gasteiger partial charge < -0.3 is 0 Å². The number of rotatable bonds is 2. The van der Waals surface area contributed by atoms with Gasteiger partial charge in [0.15, 0.2) is 6.20 Å². The van der Waals surface area contributed by atoms with Crippen LogP contribution in [0.5, 0.6) is 0 Å². The zero-order valence-electron chi connectivity index (χ0n) is 10.2. The first kappa shape index (κ1) is 11.2. The normalized spacial score (nSPS) is 10.5. The summed E-state index contributed by atoms with van der Waals surface area (Å²) < 4.78 is 2.19. The van der Waals surface area contributed by atoms with E-state index in [4.69, 9.17) is 0 Å². The van der Waals surface area contributed by atoms with Gasteiger partial charge in [0.05, 0.1) is 0 Å². The quantitative estimate of drug-likeness (QED) is 0.607. The van der Waals surface area contributed by atoms with E-state index in [2.05, 4.69) is 71.7 Å². The lowest BCUT2D eigenvalue weighted by Crippen LogP contribution is -2.22. The fraction of sp³-hybridized carbons (Fsp3) is 0.0625. The van der Waals surface area contributed by atoms with Crippen molar-refractivity contribution in [1.82, 2.24) is 0 Å². The maximum absolute atomic E-state index is 2.19. The monoisotopic (exact) mass is 252 g/mol. The molecular formula is C16H14NS+. The minimum Gasteiger partial charge on any atom is -0.102 e. The lowest BCUT2D eigenvalue weighted by molar-refractivity contribution is -0.519. The summed E-state index contributed by atoms with van der Waals surface area (Å²) in [5, 5.41) is 0. The van der Waals surface area contributed by atoms with E-state index < -0.39 is 0 Å². The van der Waals surface area contributed by atoms with Gasteiger partial charge in [-0.1, -0.05) is 48.0 Å². The Hall–Kier alpha value is -1.93. The molecule has 0 atom stereocenters. The van der Waals surface area contributed by atoms with Crippen LogP contribution in [0.3, 0.4) is 0 Å². The largest absolute Gasteiger partial charge is 0.224 e. The van der Waals surface area contributed by atoms with Crippen LogP contribution in [0.15, 0.2) is 66.9 Å². The molecule has 0 saturated carbocycles. The Morgan fingerprint density at radius 2 is 1.56 bits per heavy atom. The Morgan fingerprint density at radius 1 is 0.833 bits per heavy atom. The van der Waals surface area contributed by atoms with Crippen molar-refractivity contribution in [3.8, 4) is 16.1 Å². The van der Waals surface area contributed by atoms with Crippen LogP contribution < -0.4 is 3.96 Å². The number of aryl methyl sites for hydroxylation is 1. The zero-order chi connectivity index (χ0) is 12.4. The summed E-state index contributed by atoms with van der Waals surface area (Å²) in [4.78, 5) is 1.29. The SMILES string of the molecule is Cc1ccc(-c2cc[n+](-c3ccccc3)s2)cc1. The molecule has 0 saturated heterocycles. The second-order valence-corrected chi connectivity index (χ2v) is 5.31. The van der Waals surface area contributed by atoms with Crippen LogP contribution in [0, 0.1) is 6.92 Å². The third kappa shape index (κ3) is 2.20. The van der Waals surface area contributed by atoms with Crippen LogP contribution in [0.25, 0.3) is 16.1 Å². The van der Waals surface area contributed by atoms with E-state index in [9.17, 15) is 0 Å². The molecule has 0 fully saturated rings. The molecule has 3 aromatic rings. The van der Waals surface area contributed by atoms with Crippen molar-refractivity contribution in [2.75, 3.05) is 0 Å². The van der Waals surface area contributed by atoms with Crippen LogP contribution in [0.4, 0.5) is 0 Å². The number of benzene rings is 2. The number of para-hydroxylation sites is 1. The lowest BCUT2D eigenvalue weighted by Gasteiger charge is -1.95. The first-order valence-electron chi connectivity index (χ1n) is 5.97. The average molecular weight is 252 g/mol. The minimum atomic E-state index is 1.21. The summed E-state index contributed by atoms with van der Waals surface area (Å²) in [7, 11) is 0. The molecule has 0 unspecified atom stereocenters. The van der Waals surface area contributed by atoms with E-state index in [0.29, 0.717) is 0 Å². The standard InChI is InChI=1S/C16H14NS/c1-13-7-9-14(10-8-13)16-11-12-17(18-16)15-5-3-2-4-6-15/h2-12H,1H3/q+1. The fourth-order valence-corrected chi connectivity index (χ4v) is 2.81. The molecule has 1 nitrogen and oxygen atoms in total. The predicted octanol–water partition coefficient (Wildman–Crippen LogP) is 4.00. The van der Waals surface area contributed by atoms with Crippen LogP contribution in [0.2, 0.25) is 0 Å². The van der Waals surface area contributed by atoms with Crippen LogP contribution in [-0.2, 0) is 0 Å². The third-order valence-corrected chi connectivity index (χ3v) is 4.00. The van der Waals surface area contributed by atoms with E-state index in [0.717, 1.165) is 0 Å². The van der Waals surface area contributed by atoms with Crippen molar-refractivity contribution in [2.24, 2.45) is 0 Å². The molecule has 0 radical (unpaired) electrons. The summed E-state index contributed by atoms with van der Waals surface area (Å²) in [6.07, 6.45) is 2.12. The summed E-state index contributed by atoms with van der Waals surface area (Å²) >= 11 is 1.76. The Balaban J connectivity index is 1.97. The highest BCUT2D eigenvalue weighted by atomic mass is 32.1.